The van der Waals surface area contributed by atoms with E-state index in [1.54, 1.807) is 10.6 Å². The lowest BCUT2D eigenvalue weighted by Crippen LogP contribution is -2.31. The first-order valence-electron chi connectivity index (χ1n) is 8.06. The Kier molecular flexibility index (Phi) is 4.03. The molecule has 0 spiro atoms. The van der Waals surface area contributed by atoms with Crippen LogP contribution >= 0.6 is 15.8 Å². The van der Waals surface area contributed by atoms with Gasteiger partial charge in [0.05, 0.1) is 0 Å². The van der Waals surface area contributed by atoms with Crippen molar-refractivity contribution in [1.82, 2.24) is 0 Å². The summed E-state index contributed by atoms with van der Waals surface area (Å²) in [5.74, 6) is 0. The maximum Gasteiger partial charge on any atom is -0.0111 e. The van der Waals surface area contributed by atoms with E-state index in [4.69, 9.17) is 0 Å². The first kappa shape index (κ1) is 15.0. The first-order valence-corrected chi connectivity index (χ1v) is 11.1. The molecule has 110 valence electrons. The van der Waals surface area contributed by atoms with Gasteiger partial charge in [-0.3, -0.25) is 0 Å². The lowest BCUT2D eigenvalue weighted by Gasteiger charge is -2.34. The van der Waals surface area contributed by atoms with Crippen molar-refractivity contribution in [3.05, 3.63) is 24.3 Å². The molecule has 1 aromatic carbocycles. The lowest BCUT2D eigenvalue weighted by atomic mass is 10.1. The molecule has 1 aromatic rings. The predicted octanol–water partition coefficient (Wildman–Crippen LogP) is 5.05. The van der Waals surface area contributed by atoms with Crippen molar-refractivity contribution >= 4 is 26.5 Å². The molecule has 0 radical (unpaired) electrons. The predicted molar refractivity (Wildman–Crippen MR) is 95.9 cm³/mol. The van der Waals surface area contributed by atoms with E-state index in [0.717, 1.165) is 0 Å². The number of hydrogen-bond acceptors (Lipinski definition) is 0. The Hall–Kier alpha value is 0.0800. The van der Waals surface area contributed by atoms with Gasteiger partial charge in [-0.05, 0) is 58.9 Å². The molecule has 0 amide bonds. The molecule has 0 aliphatic carbocycles. The number of rotatable bonds is 2. The zero-order chi connectivity index (χ0) is 14.4. The fraction of sp³-hybridized carbons (Fsp3) is 0.667. The van der Waals surface area contributed by atoms with Gasteiger partial charge in [0.1, 0.15) is 0 Å². The highest BCUT2D eigenvalue weighted by Crippen LogP contribution is 2.61. The minimum absolute atomic E-state index is 0.0544. The topological polar surface area (TPSA) is 0 Å². The smallest absolute Gasteiger partial charge is 0.0111 e. The summed E-state index contributed by atoms with van der Waals surface area (Å²) in [5.41, 5.74) is 0. The maximum absolute atomic E-state index is 2.51. The number of hydrogen-bond donors (Lipinski definition) is 0. The van der Waals surface area contributed by atoms with E-state index in [0.29, 0.717) is 10.3 Å². The molecule has 2 fully saturated rings. The summed E-state index contributed by atoms with van der Waals surface area (Å²) >= 11 is 0. The quantitative estimate of drug-likeness (QED) is 0.671. The van der Waals surface area contributed by atoms with Crippen molar-refractivity contribution in [3.8, 4) is 0 Å². The van der Waals surface area contributed by atoms with Gasteiger partial charge in [0.2, 0.25) is 0 Å². The van der Waals surface area contributed by atoms with Crippen LogP contribution in [-0.4, -0.2) is 22.6 Å². The Morgan fingerprint density at radius 1 is 0.750 bits per heavy atom. The average Bonchev–Trinajstić information content (AvgIpc) is 2.91. The Bertz CT molecular complexity index is 445. The Labute approximate surface area is 127 Å². The Morgan fingerprint density at radius 3 is 1.45 bits per heavy atom. The summed E-state index contributed by atoms with van der Waals surface area (Å²) in [6, 6.07) is 9.53. The zero-order valence-corrected chi connectivity index (χ0v) is 15.2. The zero-order valence-electron chi connectivity index (χ0n) is 13.4. The van der Waals surface area contributed by atoms with Crippen molar-refractivity contribution in [2.75, 3.05) is 12.3 Å². The first-order chi connectivity index (χ1) is 9.42. The lowest BCUT2D eigenvalue weighted by molar-refractivity contribution is 0.658. The van der Waals surface area contributed by atoms with E-state index in [1.165, 1.54) is 38.0 Å². The SMILES string of the molecule is CC1(C)CCCP1c1ccccc1P1CCCC1(C)C. The van der Waals surface area contributed by atoms with Crippen LogP contribution in [-0.2, 0) is 0 Å². The molecule has 0 saturated carbocycles. The molecule has 0 N–H and O–H groups in total. The van der Waals surface area contributed by atoms with Crippen LogP contribution in [0.1, 0.15) is 53.4 Å². The van der Waals surface area contributed by atoms with E-state index >= 15 is 0 Å². The third-order valence-corrected chi connectivity index (χ3v) is 12.3. The second-order valence-corrected chi connectivity index (χ2v) is 13.6. The molecule has 20 heavy (non-hydrogen) atoms. The minimum atomic E-state index is 0.0544. The molecule has 0 bridgehead atoms. The molecule has 0 nitrogen and oxygen atoms in total. The Balaban J connectivity index is 2.01. The van der Waals surface area contributed by atoms with Gasteiger partial charge in [-0.1, -0.05) is 67.8 Å². The van der Waals surface area contributed by atoms with Crippen LogP contribution in [0, 0.1) is 0 Å². The van der Waals surface area contributed by atoms with Crippen molar-refractivity contribution in [2.24, 2.45) is 0 Å². The fourth-order valence-electron chi connectivity index (χ4n) is 4.03. The summed E-state index contributed by atoms with van der Waals surface area (Å²) in [5, 5.41) is 4.66. The average molecular weight is 306 g/mol. The maximum atomic E-state index is 2.51. The molecule has 3 rings (SSSR count). The van der Waals surface area contributed by atoms with Gasteiger partial charge in [-0.25, -0.2) is 0 Å². The van der Waals surface area contributed by atoms with Crippen LogP contribution < -0.4 is 10.6 Å². The van der Waals surface area contributed by atoms with E-state index in [-0.39, 0.29) is 15.8 Å². The molecular formula is C18H28P2. The van der Waals surface area contributed by atoms with Crippen molar-refractivity contribution in [2.45, 2.75) is 63.7 Å². The van der Waals surface area contributed by atoms with E-state index in [9.17, 15) is 0 Å². The second kappa shape index (κ2) is 5.37. The van der Waals surface area contributed by atoms with Gasteiger partial charge in [-0.2, -0.15) is 0 Å². The summed E-state index contributed by atoms with van der Waals surface area (Å²) in [6.07, 6.45) is 8.65. The molecule has 2 atom stereocenters. The van der Waals surface area contributed by atoms with Gasteiger partial charge in [0.25, 0.3) is 0 Å². The van der Waals surface area contributed by atoms with Gasteiger partial charge in [0.15, 0.2) is 0 Å². The third kappa shape index (κ3) is 2.60. The highest BCUT2D eigenvalue weighted by molar-refractivity contribution is 7.73. The normalized spacial score (nSPS) is 31.6. The summed E-state index contributed by atoms with van der Waals surface area (Å²) in [7, 11) is 0.109. The highest BCUT2D eigenvalue weighted by Gasteiger charge is 2.40. The van der Waals surface area contributed by atoms with Crippen LogP contribution in [0.5, 0.6) is 0 Å². The van der Waals surface area contributed by atoms with Crippen LogP contribution in [0.4, 0.5) is 0 Å². The van der Waals surface area contributed by atoms with Gasteiger partial charge in [0, 0.05) is 0 Å². The molecule has 0 aromatic heterocycles. The van der Waals surface area contributed by atoms with E-state index < -0.39 is 0 Å². The monoisotopic (exact) mass is 306 g/mol. The van der Waals surface area contributed by atoms with Crippen molar-refractivity contribution < 1.29 is 0 Å². The van der Waals surface area contributed by atoms with Crippen LogP contribution in [0.3, 0.4) is 0 Å². The van der Waals surface area contributed by atoms with E-state index in [1.807, 2.05) is 0 Å². The van der Waals surface area contributed by atoms with E-state index in [2.05, 4.69) is 52.0 Å². The molecule has 2 unspecified atom stereocenters. The summed E-state index contributed by atoms with van der Waals surface area (Å²) in [6.45, 7) is 10.0. The molecule has 2 aliphatic rings. The van der Waals surface area contributed by atoms with Gasteiger partial charge in [-0.15, -0.1) is 0 Å². The van der Waals surface area contributed by atoms with Crippen LogP contribution in [0.2, 0.25) is 0 Å². The standard InChI is InChI=1S/C18H28P2/c1-17(2)11-7-13-19(17)15-9-5-6-10-16(15)20-14-8-12-18(20,3)4/h5-6,9-10H,7-8,11-14H2,1-4H3. The number of benzene rings is 1. The largest absolute Gasteiger partial charge is 0.0688 e. The van der Waals surface area contributed by atoms with Gasteiger partial charge >= 0.3 is 0 Å². The van der Waals surface area contributed by atoms with Crippen LogP contribution in [0.25, 0.3) is 0 Å². The molecule has 2 heteroatoms. The molecule has 2 heterocycles. The van der Waals surface area contributed by atoms with Crippen molar-refractivity contribution in [1.29, 1.82) is 0 Å². The third-order valence-electron chi connectivity index (χ3n) is 5.27. The molecule has 2 aliphatic heterocycles. The minimum Gasteiger partial charge on any atom is -0.0688 e. The Morgan fingerprint density at radius 2 is 1.15 bits per heavy atom. The highest BCUT2D eigenvalue weighted by atomic mass is 31.1. The van der Waals surface area contributed by atoms with Gasteiger partial charge < -0.3 is 0 Å². The second-order valence-electron chi connectivity index (χ2n) is 7.62. The summed E-state index contributed by atoms with van der Waals surface area (Å²) < 4.78 is 0. The molecule has 2 saturated heterocycles. The fourth-order valence-corrected chi connectivity index (χ4v) is 10.8. The van der Waals surface area contributed by atoms with Crippen molar-refractivity contribution in [3.63, 3.8) is 0 Å². The summed E-state index contributed by atoms with van der Waals surface area (Å²) in [4.78, 5) is 0. The molecular weight excluding hydrogens is 278 g/mol. The van der Waals surface area contributed by atoms with Crippen LogP contribution in [0.15, 0.2) is 24.3 Å².